The summed E-state index contributed by atoms with van der Waals surface area (Å²) in [5.74, 6) is 0.747. The van der Waals surface area contributed by atoms with Crippen LogP contribution in [0.2, 0.25) is 0 Å². The largest absolute Gasteiger partial charge is 0.383 e. The molecule has 27 heavy (non-hydrogen) atoms. The number of rotatable bonds is 7. The maximum Gasteiger partial charge on any atom is 0.243 e. The average Bonchev–Trinajstić information content (AvgIpc) is 2.60. The summed E-state index contributed by atoms with van der Waals surface area (Å²) in [6.45, 7) is 6.16. The molecule has 1 aromatic rings. The molecular weight excluding hydrogens is 479 g/mol. The summed E-state index contributed by atoms with van der Waals surface area (Å²) in [6, 6.07) is 6.95. The number of guanidine groups is 1. The molecule has 0 saturated carbocycles. The molecule has 2 unspecified atom stereocenters. The van der Waals surface area contributed by atoms with Crippen molar-refractivity contribution >= 4 is 40.0 Å². The van der Waals surface area contributed by atoms with Gasteiger partial charge in [-0.15, -0.1) is 24.0 Å². The monoisotopic (exact) mass is 510 g/mol. The molecule has 0 spiro atoms. The summed E-state index contributed by atoms with van der Waals surface area (Å²) in [5.41, 5.74) is 6.75. The zero-order valence-corrected chi connectivity index (χ0v) is 19.4. The first-order chi connectivity index (χ1) is 12.3. The number of benzene rings is 1. The minimum atomic E-state index is -3.42. The van der Waals surface area contributed by atoms with Crippen molar-refractivity contribution in [1.82, 2.24) is 9.62 Å². The number of hydrogen-bond donors (Lipinski definition) is 2. The van der Waals surface area contributed by atoms with E-state index in [2.05, 4.69) is 17.2 Å². The van der Waals surface area contributed by atoms with Crippen molar-refractivity contribution in [3.05, 3.63) is 29.8 Å². The Morgan fingerprint density at radius 1 is 1.41 bits per heavy atom. The highest BCUT2D eigenvalue weighted by atomic mass is 127. The van der Waals surface area contributed by atoms with E-state index < -0.39 is 10.0 Å². The van der Waals surface area contributed by atoms with Crippen molar-refractivity contribution in [2.45, 2.75) is 44.2 Å². The number of ether oxygens (including phenoxy) is 1. The maximum absolute atomic E-state index is 12.7. The quantitative estimate of drug-likeness (QED) is 0.333. The van der Waals surface area contributed by atoms with Crippen molar-refractivity contribution in [3.63, 3.8) is 0 Å². The lowest BCUT2D eigenvalue weighted by Crippen LogP contribution is -2.40. The van der Waals surface area contributed by atoms with Gasteiger partial charge in [-0.25, -0.2) is 13.4 Å². The van der Waals surface area contributed by atoms with Gasteiger partial charge in [-0.3, -0.25) is 0 Å². The first-order valence-electron chi connectivity index (χ1n) is 8.97. The van der Waals surface area contributed by atoms with E-state index in [4.69, 9.17) is 10.5 Å². The highest BCUT2D eigenvalue weighted by Gasteiger charge is 2.28. The van der Waals surface area contributed by atoms with Gasteiger partial charge in [0, 0.05) is 26.2 Å². The molecule has 0 aliphatic carbocycles. The van der Waals surface area contributed by atoms with E-state index in [1.54, 1.807) is 35.7 Å². The fourth-order valence-corrected chi connectivity index (χ4v) is 4.65. The molecular formula is C18H31IN4O3S. The summed E-state index contributed by atoms with van der Waals surface area (Å²) in [5, 5.41) is 3.03. The number of nitrogens with zero attached hydrogens (tertiary/aromatic N) is 2. The SMILES string of the molecule is COCC(C)NC(N)=NCc1ccc(S(=O)(=O)N2CCCC(C)C2)cc1.I. The van der Waals surface area contributed by atoms with E-state index in [1.807, 2.05) is 6.92 Å². The minimum Gasteiger partial charge on any atom is -0.383 e. The van der Waals surface area contributed by atoms with Crippen LogP contribution in [0.15, 0.2) is 34.2 Å². The lowest BCUT2D eigenvalue weighted by molar-refractivity contribution is 0.179. The summed E-state index contributed by atoms with van der Waals surface area (Å²) >= 11 is 0. The fraction of sp³-hybridized carbons (Fsp3) is 0.611. The lowest BCUT2D eigenvalue weighted by Gasteiger charge is -2.30. The van der Waals surface area contributed by atoms with Crippen molar-refractivity contribution < 1.29 is 13.2 Å². The van der Waals surface area contributed by atoms with E-state index in [0.29, 0.717) is 43.0 Å². The number of sulfonamides is 1. The van der Waals surface area contributed by atoms with Crippen LogP contribution in [0.4, 0.5) is 0 Å². The highest BCUT2D eigenvalue weighted by Crippen LogP contribution is 2.23. The molecule has 0 aromatic heterocycles. The topological polar surface area (TPSA) is 97.0 Å². The second-order valence-corrected chi connectivity index (χ2v) is 8.89. The molecule has 2 rings (SSSR count). The van der Waals surface area contributed by atoms with Gasteiger partial charge in [-0.1, -0.05) is 19.1 Å². The fourth-order valence-electron chi connectivity index (χ4n) is 3.05. The van der Waals surface area contributed by atoms with Gasteiger partial charge in [0.1, 0.15) is 0 Å². The standard InChI is InChI=1S/C18H30N4O3S.HI/c1-14-5-4-10-22(12-14)26(23,24)17-8-6-16(7-9-17)11-20-18(19)21-15(2)13-25-3;/h6-9,14-15H,4-5,10-13H2,1-3H3,(H3,19,20,21);1H. The third kappa shape index (κ3) is 7.20. The van der Waals surface area contributed by atoms with Gasteiger partial charge in [-0.05, 0) is 43.4 Å². The predicted octanol–water partition coefficient (Wildman–Crippen LogP) is 2.16. The highest BCUT2D eigenvalue weighted by molar-refractivity contribution is 14.0. The molecule has 0 radical (unpaired) electrons. The van der Waals surface area contributed by atoms with Gasteiger partial charge < -0.3 is 15.8 Å². The first-order valence-corrected chi connectivity index (χ1v) is 10.4. The van der Waals surface area contributed by atoms with Gasteiger partial charge in [-0.2, -0.15) is 4.31 Å². The Kier molecular flexibility index (Phi) is 9.99. The van der Waals surface area contributed by atoms with Crippen LogP contribution in [0.5, 0.6) is 0 Å². The molecule has 154 valence electrons. The van der Waals surface area contributed by atoms with Gasteiger partial charge in [0.15, 0.2) is 5.96 Å². The number of methoxy groups -OCH3 is 1. The molecule has 1 saturated heterocycles. The van der Waals surface area contributed by atoms with Crippen LogP contribution >= 0.6 is 24.0 Å². The van der Waals surface area contributed by atoms with Crippen LogP contribution in [0.3, 0.4) is 0 Å². The zero-order chi connectivity index (χ0) is 19.2. The summed E-state index contributed by atoms with van der Waals surface area (Å²) in [7, 11) is -1.79. The van der Waals surface area contributed by atoms with Crippen molar-refractivity contribution in [3.8, 4) is 0 Å². The van der Waals surface area contributed by atoms with Gasteiger partial charge >= 0.3 is 0 Å². The Morgan fingerprint density at radius 3 is 2.67 bits per heavy atom. The number of aliphatic imine (C=N–C) groups is 1. The number of nitrogens with two attached hydrogens (primary N) is 1. The average molecular weight is 510 g/mol. The second-order valence-electron chi connectivity index (χ2n) is 6.96. The lowest BCUT2D eigenvalue weighted by atomic mass is 10.0. The molecule has 3 N–H and O–H groups in total. The van der Waals surface area contributed by atoms with E-state index in [-0.39, 0.29) is 30.0 Å². The summed E-state index contributed by atoms with van der Waals surface area (Å²) < 4.78 is 32.1. The van der Waals surface area contributed by atoms with Crippen LogP contribution in [-0.4, -0.2) is 51.5 Å². The van der Waals surface area contributed by atoms with Crippen LogP contribution < -0.4 is 11.1 Å². The summed E-state index contributed by atoms with van der Waals surface area (Å²) in [4.78, 5) is 4.61. The molecule has 1 aromatic carbocycles. The van der Waals surface area contributed by atoms with E-state index >= 15 is 0 Å². The van der Waals surface area contributed by atoms with Gasteiger partial charge in [0.25, 0.3) is 0 Å². The molecule has 1 aliphatic heterocycles. The van der Waals surface area contributed by atoms with Crippen LogP contribution in [0, 0.1) is 5.92 Å². The predicted molar refractivity (Wildman–Crippen MR) is 119 cm³/mol. The second kappa shape index (κ2) is 11.2. The Hall–Kier alpha value is -0.910. The minimum absolute atomic E-state index is 0. The zero-order valence-electron chi connectivity index (χ0n) is 16.2. The Bertz CT molecular complexity index is 710. The Balaban J connectivity index is 0.00000364. The molecule has 1 fully saturated rings. The van der Waals surface area contributed by atoms with E-state index in [0.717, 1.165) is 18.4 Å². The molecule has 1 heterocycles. The normalized spacial score (nSPS) is 20.0. The van der Waals surface area contributed by atoms with Crippen LogP contribution in [0.1, 0.15) is 32.3 Å². The third-order valence-corrected chi connectivity index (χ3v) is 6.30. The van der Waals surface area contributed by atoms with Crippen LogP contribution in [-0.2, 0) is 21.3 Å². The van der Waals surface area contributed by atoms with Crippen LogP contribution in [0.25, 0.3) is 0 Å². The van der Waals surface area contributed by atoms with E-state index in [9.17, 15) is 8.42 Å². The Morgan fingerprint density at radius 2 is 2.07 bits per heavy atom. The van der Waals surface area contributed by atoms with Gasteiger partial charge in [0.05, 0.1) is 18.0 Å². The smallest absolute Gasteiger partial charge is 0.243 e. The molecule has 9 heteroatoms. The molecule has 2 atom stereocenters. The van der Waals surface area contributed by atoms with E-state index in [1.165, 1.54) is 0 Å². The van der Waals surface area contributed by atoms with Crippen molar-refractivity contribution in [1.29, 1.82) is 0 Å². The maximum atomic E-state index is 12.7. The van der Waals surface area contributed by atoms with Crippen molar-refractivity contribution in [2.75, 3.05) is 26.8 Å². The first kappa shape index (κ1) is 24.1. The number of nitrogens with one attached hydrogen (secondary N) is 1. The van der Waals surface area contributed by atoms with Crippen molar-refractivity contribution in [2.24, 2.45) is 16.6 Å². The molecule has 0 bridgehead atoms. The number of hydrogen-bond acceptors (Lipinski definition) is 4. The Labute approximate surface area is 179 Å². The summed E-state index contributed by atoms with van der Waals surface area (Å²) in [6.07, 6.45) is 2.00. The molecule has 1 aliphatic rings. The number of piperidine rings is 1. The third-order valence-electron chi connectivity index (χ3n) is 4.42. The van der Waals surface area contributed by atoms with Gasteiger partial charge in [0.2, 0.25) is 10.0 Å². The molecule has 0 amide bonds. The number of halogens is 1. The molecule has 7 nitrogen and oxygen atoms in total.